The Morgan fingerprint density at radius 2 is 2.00 bits per heavy atom. The van der Waals surface area contributed by atoms with Crippen LogP contribution in [-0.4, -0.2) is 13.3 Å². The molecular weight excluding hydrogens is 178 g/mol. The number of hydrogen-bond acceptors (Lipinski definition) is 3. The normalized spacial score (nSPS) is 23.4. The highest BCUT2D eigenvalue weighted by Gasteiger charge is 2.23. The molecule has 0 amide bonds. The van der Waals surface area contributed by atoms with Crippen LogP contribution in [0, 0.1) is 6.92 Å². The van der Waals surface area contributed by atoms with Gasteiger partial charge < -0.3 is 14.8 Å². The summed E-state index contributed by atoms with van der Waals surface area (Å²) in [5.74, 6) is 1.77. The number of ether oxygens (including phenoxy) is 2. The van der Waals surface area contributed by atoms with Crippen LogP contribution in [0.15, 0.2) is 12.1 Å². The van der Waals surface area contributed by atoms with Gasteiger partial charge in [0.15, 0.2) is 11.5 Å². The lowest BCUT2D eigenvalue weighted by atomic mass is 9.94. The van der Waals surface area contributed by atoms with Gasteiger partial charge in [0.2, 0.25) is 6.79 Å². The maximum Gasteiger partial charge on any atom is 0.231 e. The van der Waals surface area contributed by atoms with Crippen LogP contribution in [0.25, 0.3) is 0 Å². The zero-order valence-electron chi connectivity index (χ0n) is 8.17. The summed E-state index contributed by atoms with van der Waals surface area (Å²) in [6.07, 6.45) is 1.22. The molecule has 3 nitrogen and oxygen atoms in total. The SMILES string of the molecule is Cc1cc2c(cc1C1CCN1)OCO2. The van der Waals surface area contributed by atoms with Crippen LogP contribution in [0.3, 0.4) is 0 Å². The molecule has 0 radical (unpaired) electrons. The van der Waals surface area contributed by atoms with E-state index >= 15 is 0 Å². The topological polar surface area (TPSA) is 30.5 Å². The molecule has 0 saturated carbocycles. The summed E-state index contributed by atoms with van der Waals surface area (Å²) in [7, 11) is 0. The van der Waals surface area contributed by atoms with Gasteiger partial charge in [-0.25, -0.2) is 0 Å². The maximum atomic E-state index is 5.36. The minimum atomic E-state index is 0.357. The van der Waals surface area contributed by atoms with Crippen LogP contribution in [0.5, 0.6) is 11.5 Å². The fourth-order valence-corrected chi connectivity index (χ4v) is 1.99. The average molecular weight is 191 g/mol. The lowest BCUT2D eigenvalue weighted by Gasteiger charge is -2.29. The van der Waals surface area contributed by atoms with Gasteiger partial charge in [-0.1, -0.05) is 0 Å². The Labute approximate surface area is 83.0 Å². The summed E-state index contributed by atoms with van der Waals surface area (Å²) in [6, 6.07) is 4.69. The first-order valence-electron chi connectivity index (χ1n) is 4.98. The second-order valence-electron chi connectivity index (χ2n) is 3.86. The van der Waals surface area contributed by atoms with Crippen LogP contribution in [0.2, 0.25) is 0 Å². The fourth-order valence-electron chi connectivity index (χ4n) is 1.99. The van der Waals surface area contributed by atoms with Gasteiger partial charge in [0.1, 0.15) is 0 Å². The molecule has 2 aliphatic rings. The van der Waals surface area contributed by atoms with E-state index < -0.39 is 0 Å². The molecule has 0 spiro atoms. The standard InChI is InChI=1S/C11H13NO2/c1-7-4-10-11(14-6-13-10)5-8(7)9-2-3-12-9/h4-5,9,12H,2-3,6H2,1H3. The molecule has 1 N–H and O–H groups in total. The number of nitrogens with one attached hydrogen (secondary N) is 1. The minimum absolute atomic E-state index is 0.357. The maximum absolute atomic E-state index is 5.36. The highest BCUT2D eigenvalue weighted by Crippen LogP contribution is 2.38. The summed E-state index contributed by atoms with van der Waals surface area (Å²) in [6.45, 7) is 3.60. The molecule has 2 aliphatic heterocycles. The largest absolute Gasteiger partial charge is 0.454 e. The zero-order valence-corrected chi connectivity index (χ0v) is 8.17. The Hall–Kier alpha value is -1.22. The van der Waals surface area contributed by atoms with E-state index in [1.54, 1.807) is 0 Å². The summed E-state index contributed by atoms with van der Waals surface area (Å²) in [5.41, 5.74) is 2.63. The first-order valence-corrected chi connectivity index (χ1v) is 4.98. The number of rotatable bonds is 1. The van der Waals surface area contributed by atoms with Gasteiger partial charge >= 0.3 is 0 Å². The van der Waals surface area contributed by atoms with Gasteiger partial charge in [0.05, 0.1) is 0 Å². The molecule has 1 fully saturated rings. The molecule has 0 aliphatic carbocycles. The number of hydrogen-bond donors (Lipinski definition) is 1. The molecule has 1 aromatic rings. The molecule has 1 unspecified atom stereocenters. The fraction of sp³-hybridized carbons (Fsp3) is 0.455. The van der Waals surface area contributed by atoms with Crippen molar-refractivity contribution in [3.05, 3.63) is 23.3 Å². The third-order valence-corrected chi connectivity index (χ3v) is 2.96. The number of aryl methyl sites for hydroxylation is 1. The van der Waals surface area contributed by atoms with E-state index in [0.29, 0.717) is 12.8 Å². The molecule has 1 aromatic carbocycles. The quantitative estimate of drug-likeness (QED) is 0.733. The highest BCUT2D eigenvalue weighted by molar-refractivity contribution is 5.49. The molecule has 0 aromatic heterocycles. The monoisotopic (exact) mass is 191 g/mol. The lowest BCUT2D eigenvalue weighted by Crippen LogP contribution is -2.35. The van der Waals surface area contributed by atoms with E-state index in [9.17, 15) is 0 Å². The molecule has 0 bridgehead atoms. The summed E-state index contributed by atoms with van der Waals surface area (Å²) < 4.78 is 10.7. The van der Waals surface area contributed by atoms with Crippen LogP contribution in [0.4, 0.5) is 0 Å². The first kappa shape index (κ1) is 8.12. The van der Waals surface area contributed by atoms with Crippen molar-refractivity contribution in [3.63, 3.8) is 0 Å². The molecule has 1 atom stereocenters. The smallest absolute Gasteiger partial charge is 0.231 e. The second kappa shape index (κ2) is 2.89. The van der Waals surface area contributed by atoms with Crippen molar-refractivity contribution in [1.29, 1.82) is 0 Å². The van der Waals surface area contributed by atoms with Crippen molar-refractivity contribution in [2.24, 2.45) is 0 Å². The Balaban J connectivity index is 2.03. The van der Waals surface area contributed by atoms with Crippen molar-refractivity contribution < 1.29 is 9.47 Å². The zero-order chi connectivity index (χ0) is 9.54. The van der Waals surface area contributed by atoms with Gasteiger partial charge in [-0.05, 0) is 43.1 Å². The molecule has 3 heteroatoms. The van der Waals surface area contributed by atoms with Crippen LogP contribution in [0.1, 0.15) is 23.6 Å². The van der Waals surface area contributed by atoms with Gasteiger partial charge in [0.25, 0.3) is 0 Å². The van der Waals surface area contributed by atoms with Crippen LogP contribution >= 0.6 is 0 Å². The Morgan fingerprint density at radius 3 is 2.64 bits per heavy atom. The summed E-state index contributed by atoms with van der Waals surface area (Å²) in [4.78, 5) is 0. The Morgan fingerprint density at radius 1 is 1.29 bits per heavy atom. The van der Waals surface area contributed by atoms with E-state index in [-0.39, 0.29) is 0 Å². The van der Waals surface area contributed by atoms with Crippen molar-refractivity contribution in [2.75, 3.05) is 13.3 Å². The van der Waals surface area contributed by atoms with Crippen molar-refractivity contribution in [3.8, 4) is 11.5 Å². The van der Waals surface area contributed by atoms with Gasteiger partial charge in [-0.15, -0.1) is 0 Å². The van der Waals surface area contributed by atoms with Crippen molar-refractivity contribution >= 4 is 0 Å². The van der Waals surface area contributed by atoms with E-state index in [1.165, 1.54) is 17.5 Å². The van der Waals surface area contributed by atoms with Crippen molar-refractivity contribution in [2.45, 2.75) is 19.4 Å². The Kier molecular flexibility index (Phi) is 1.67. The first-order chi connectivity index (χ1) is 6.84. The minimum Gasteiger partial charge on any atom is -0.454 e. The average Bonchev–Trinajstić information content (AvgIpc) is 2.48. The molecule has 2 heterocycles. The van der Waals surface area contributed by atoms with Gasteiger partial charge in [-0.3, -0.25) is 0 Å². The van der Waals surface area contributed by atoms with Gasteiger partial charge in [0, 0.05) is 6.04 Å². The molecule has 1 saturated heterocycles. The van der Waals surface area contributed by atoms with Crippen LogP contribution in [-0.2, 0) is 0 Å². The number of benzene rings is 1. The number of fused-ring (bicyclic) bond motifs is 1. The molecular formula is C11H13NO2. The predicted molar refractivity (Wildman–Crippen MR) is 52.7 cm³/mol. The van der Waals surface area contributed by atoms with Gasteiger partial charge in [-0.2, -0.15) is 0 Å². The summed E-state index contributed by atoms with van der Waals surface area (Å²) in [5, 5.41) is 3.40. The van der Waals surface area contributed by atoms with Crippen LogP contribution < -0.4 is 14.8 Å². The predicted octanol–water partition coefficient (Wildman–Crippen LogP) is 1.76. The molecule has 74 valence electrons. The van der Waals surface area contributed by atoms with E-state index in [0.717, 1.165) is 18.0 Å². The highest BCUT2D eigenvalue weighted by atomic mass is 16.7. The second-order valence-corrected chi connectivity index (χ2v) is 3.86. The van der Waals surface area contributed by atoms with Crippen molar-refractivity contribution in [1.82, 2.24) is 5.32 Å². The summed E-state index contributed by atoms with van der Waals surface area (Å²) >= 11 is 0. The third kappa shape index (κ3) is 1.09. The molecule has 3 rings (SSSR count). The van der Waals surface area contributed by atoms with E-state index in [1.807, 2.05) is 0 Å². The lowest BCUT2D eigenvalue weighted by molar-refractivity contribution is 0.174. The van der Waals surface area contributed by atoms with E-state index in [4.69, 9.17) is 9.47 Å². The van der Waals surface area contributed by atoms with E-state index in [2.05, 4.69) is 24.4 Å². The third-order valence-electron chi connectivity index (χ3n) is 2.96. The molecule has 14 heavy (non-hydrogen) atoms. The Bertz CT molecular complexity index is 372.